The van der Waals surface area contributed by atoms with E-state index in [1.54, 1.807) is 18.3 Å². The summed E-state index contributed by atoms with van der Waals surface area (Å²) in [5, 5.41) is 5.47. The number of aromatic nitrogens is 2. The monoisotopic (exact) mass is 553 g/mol. The average molecular weight is 554 g/mol. The normalized spacial score (nSPS) is 16.2. The Balaban J connectivity index is 1.41. The number of carbonyl (C=O) groups excluding carboxylic acids is 1. The molecule has 207 valence electrons. The second-order valence-electron chi connectivity index (χ2n) is 11.6. The number of hydrogen-bond donors (Lipinski definition) is 1. The number of fused-ring (bicyclic) bond motifs is 1. The summed E-state index contributed by atoms with van der Waals surface area (Å²) in [6.07, 6.45) is 10.5. The minimum absolute atomic E-state index is 0.135. The average Bonchev–Trinajstić information content (AvgIpc) is 3.61. The molecule has 1 radical (unpaired) electrons. The summed E-state index contributed by atoms with van der Waals surface area (Å²) < 4.78 is 16.3. The number of rotatable bonds is 7. The zero-order chi connectivity index (χ0) is 27.6. The van der Waals surface area contributed by atoms with Gasteiger partial charge >= 0.3 is 0 Å². The van der Waals surface area contributed by atoms with Crippen LogP contribution in [-0.2, 0) is 6.54 Å². The van der Waals surface area contributed by atoms with Crippen LogP contribution in [0.15, 0.2) is 60.8 Å². The Labute approximate surface area is 238 Å². The van der Waals surface area contributed by atoms with Crippen molar-refractivity contribution in [2.75, 3.05) is 23.3 Å². The highest BCUT2D eigenvalue weighted by Gasteiger charge is 2.27. The Kier molecular flexibility index (Phi) is 7.74. The Morgan fingerprint density at radius 2 is 1.80 bits per heavy atom. The highest BCUT2D eigenvalue weighted by Crippen LogP contribution is 2.35. The van der Waals surface area contributed by atoms with Gasteiger partial charge in [-0.15, -0.1) is 0 Å². The summed E-state index contributed by atoms with van der Waals surface area (Å²) in [6.45, 7) is 7.00. The van der Waals surface area contributed by atoms with Gasteiger partial charge in [0.25, 0.3) is 5.91 Å². The lowest BCUT2D eigenvalue weighted by Gasteiger charge is -2.22. The first-order valence-corrected chi connectivity index (χ1v) is 17.2. The molecule has 5 nitrogen and oxygen atoms in total. The van der Waals surface area contributed by atoms with Crippen LogP contribution in [0.4, 0.5) is 15.9 Å². The van der Waals surface area contributed by atoms with Crippen molar-refractivity contribution in [1.82, 2.24) is 9.55 Å². The number of nitrogens with one attached hydrogen (secondary N) is 1. The molecule has 0 spiro atoms. The lowest BCUT2D eigenvalue weighted by molar-refractivity contribution is 0.102. The fourth-order valence-corrected chi connectivity index (χ4v) is 8.03. The highest BCUT2D eigenvalue weighted by molar-refractivity contribution is 6.74. The molecule has 4 aromatic rings. The fourth-order valence-electron chi connectivity index (χ4n) is 6.57. The molecule has 1 saturated heterocycles. The van der Waals surface area contributed by atoms with Crippen LogP contribution in [0.3, 0.4) is 0 Å². The Hall–Kier alpha value is -3.45. The smallest absolute Gasteiger partial charge is 0.272 e. The minimum Gasteiger partial charge on any atom is -0.357 e. The van der Waals surface area contributed by atoms with Crippen molar-refractivity contribution in [3.63, 3.8) is 0 Å². The predicted molar refractivity (Wildman–Crippen MR) is 164 cm³/mol. The number of anilines is 2. The van der Waals surface area contributed by atoms with Gasteiger partial charge in [0.2, 0.25) is 0 Å². The SMILES string of the molecule is C[Si](C)c1c(C(=O)Nc2ccc(N3CCCC3)nc2)n(Cc2cccc(F)c2)c2ccc(C3CCCCC3)cc12. The Morgan fingerprint density at radius 1 is 1.00 bits per heavy atom. The molecule has 1 N–H and O–H groups in total. The highest BCUT2D eigenvalue weighted by atomic mass is 28.3. The van der Waals surface area contributed by atoms with Gasteiger partial charge in [0.15, 0.2) is 0 Å². The van der Waals surface area contributed by atoms with Crippen molar-refractivity contribution in [1.29, 1.82) is 0 Å². The standard InChI is InChI=1S/C33H38FN4OSi/c1-40(2)32-28-20-25(24-10-4-3-5-11-24)13-15-29(28)38(22-23-9-8-12-26(34)19-23)31(32)33(39)36-27-14-16-30(35-21-27)37-17-6-7-18-37/h8-9,12-16,19-21,24H,3-7,10-11,17-18,22H2,1-2H3,(H,36,39). The van der Waals surface area contributed by atoms with Gasteiger partial charge in [-0.1, -0.05) is 50.6 Å². The van der Waals surface area contributed by atoms with E-state index in [4.69, 9.17) is 0 Å². The number of hydrogen-bond acceptors (Lipinski definition) is 3. The van der Waals surface area contributed by atoms with Crippen LogP contribution in [0.2, 0.25) is 13.1 Å². The Bertz CT molecular complexity index is 1500. The topological polar surface area (TPSA) is 50.2 Å². The maximum Gasteiger partial charge on any atom is 0.272 e. The van der Waals surface area contributed by atoms with Crippen LogP contribution in [0.1, 0.15) is 72.5 Å². The molecule has 6 rings (SSSR count). The second-order valence-corrected chi connectivity index (χ2v) is 14.1. The molecular weight excluding hydrogens is 515 g/mol. The summed E-state index contributed by atoms with van der Waals surface area (Å²) in [5.41, 5.74) is 4.63. The van der Waals surface area contributed by atoms with Crippen LogP contribution in [0, 0.1) is 5.82 Å². The van der Waals surface area contributed by atoms with E-state index in [0.717, 1.165) is 35.2 Å². The first kappa shape index (κ1) is 26.8. The molecule has 2 fully saturated rings. The molecule has 0 bridgehead atoms. The molecule has 1 amide bonds. The van der Waals surface area contributed by atoms with Gasteiger partial charge in [-0.3, -0.25) is 4.79 Å². The quantitative estimate of drug-likeness (QED) is 0.249. The van der Waals surface area contributed by atoms with Crippen molar-refractivity contribution in [3.8, 4) is 0 Å². The summed E-state index contributed by atoms with van der Waals surface area (Å²) in [6, 6.07) is 17.4. The van der Waals surface area contributed by atoms with Gasteiger partial charge < -0.3 is 14.8 Å². The number of nitrogens with zero attached hydrogens (tertiary/aromatic N) is 3. The van der Waals surface area contributed by atoms with Crippen LogP contribution >= 0.6 is 0 Å². The number of amides is 1. The van der Waals surface area contributed by atoms with E-state index < -0.39 is 8.80 Å². The van der Waals surface area contributed by atoms with Gasteiger partial charge in [0, 0.05) is 25.2 Å². The van der Waals surface area contributed by atoms with Crippen molar-refractivity contribution in [3.05, 3.63) is 83.4 Å². The van der Waals surface area contributed by atoms with Crippen molar-refractivity contribution in [2.45, 2.75) is 70.5 Å². The van der Waals surface area contributed by atoms with Gasteiger partial charge in [0.05, 0.1) is 20.7 Å². The lowest BCUT2D eigenvalue weighted by atomic mass is 9.84. The summed E-state index contributed by atoms with van der Waals surface area (Å²) in [5.74, 6) is 1.14. The molecule has 3 heterocycles. The molecule has 7 heteroatoms. The molecule has 1 aliphatic carbocycles. The second kappa shape index (κ2) is 11.6. The van der Waals surface area contributed by atoms with Gasteiger partial charge in [-0.2, -0.15) is 0 Å². The third-order valence-electron chi connectivity index (χ3n) is 8.54. The third kappa shape index (κ3) is 5.44. The summed E-state index contributed by atoms with van der Waals surface area (Å²) in [7, 11) is -1.02. The number of pyridine rings is 1. The van der Waals surface area contributed by atoms with E-state index >= 15 is 0 Å². The zero-order valence-electron chi connectivity index (χ0n) is 23.5. The Morgan fingerprint density at radius 3 is 2.50 bits per heavy atom. The molecular formula is C33H38FN4OSi. The zero-order valence-corrected chi connectivity index (χ0v) is 24.5. The molecule has 0 unspecified atom stereocenters. The van der Waals surface area contributed by atoms with E-state index in [-0.39, 0.29) is 11.7 Å². The molecule has 1 saturated carbocycles. The van der Waals surface area contributed by atoms with Gasteiger partial charge in [0.1, 0.15) is 17.3 Å². The van der Waals surface area contributed by atoms with E-state index in [9.17, 15) is 9.18 Å². The minimum atomic E-state index is -1.02. The van der Waals surface area contributed by atoms with Crippen LogP contribution in [0.5, 0.6) is 0 Å². The largest absolute Gasteiger partial charge is 0.357 e. The summed E-state index contributed by atoms with van der Waals surface area (Å²) >= 11 is 0. The number of benzene rings is 2. The summed E-state index contributed by atoms with van der Waals surface area (Å²) in [4.78, 5) is 21.0. The van der Waals surface area contributed by atoms with Crippen molar-refractivity contribution in [2.24, 2.45) is 0 Å². The van der Waals surface area contributed by atoms with E-state index in [1.165, 1.54) is 62.0 Å². The molecule has 2 aromatic heterocycles. The van der Waals surface area contributed by atoms with Gasteiger partial charge in [-0.25, -0.2) is 9.37 Å². The third-order valence-corrected chi connectivity index (χ3v) is 10.1. The van der Waals surface area contributed by atoms with Gasteiger partial charge in [-0.05, 0) is 89.7 Å². The number of carbonyl (C=O) groups is 1. The van der Waals surface area contributed by atoms with E-state index in [0.29, 0.717) is 23.8 Å². The maximum absolute atomic E-state index is 14.2. The first-order valence-electron chi connectivity index (χ1n) is 14.7. The van der Waals surface area contributed by atoms with E-state index in [2.05, 4.69) is 51.1 Å². The first-order chi connectivity index (χ1) is 19.5. The fraction of sp³-hybridized carbons (Fsp3) is 0.394. The molecule has 2 aliphatic rings. The lowest BCUT2D eigenvalue weighted by Crippen LogP contribution is -2.32. The van der Waals surface area contributed by atoms with Crippen LogP contribution in [-0.4, -0.2) is 37.3 Å². The van der Waals surface area contributed by atoms with Crippen molar-refractivity contribution < 1.29 is 9.18 Å². The van der Waals surface area contributed by atoms with Crippen LogP contribution in [0.25, 0.3) is 10.9 Å². The predicted octanol–water partition coefficient (Wildman–Crippen LogP) is 7.09. The van der Waals surface area contributed by atoms with E-state index in [1.807, 2.05) is 18.2 Å². The van der Waals surface area contributed by atoms with Crippen LogP contribution < -0.4 is 15.4 Å². The van der Waals surface area contributed by atoms with Crippen molar-refractivity contribution >= 4 is 42.3 Å². The molecule has 40 heavy (non-hydrogen) atoms. The molecule has 1 aliphatic heterocycles. The molecule has 0 atom stereocenters. The number of halogens is 1. The maximum atomic E-state index is 14.2. The molecule has 2 aromatic carbocycles.